The highest BCUT2D eigenvalue weighted by atomic mass is 16.6. The highest BCUT2D eigenvalue weighted by Crippen LogP contribution is 2.13. The minimum Gasteiger partial charge on any atom is -0.369 e. The maximum Gasteiger partial charge on any atom is 0.269 e. The molecule has 0 atom stereocenters. The summed E-state index contributed by atoms with van der Waals surface area (Å²) in [5.74, 6) is -0.350. The van der Waals surface area contributed by atoms with Crippen molar-refractivity contribution in [1.29, 1.82) is 0 Å². The maximum atomic E-state index is 11.0. The molecule has 0 aliphatic heterocycles. The van der Waals surface area contributed by atoms with Crippen LogP contribution < -0.4 is 5.73 Å². The Morgan fingerprint density at radius 3 is 2.37 bits per heavy atom. The van der Waals surface area contributed by atoms with E-state index in [0.717, 1.165) is 12.0 Å². The fourth-order valence-electron chi connectivity index (χ4n) is 1.78. The normalized spacial score (nSPS) is 10.9. The highest BCUT2D eigenvalue weighted by Gasteiger charge is 2.12. The van der Waals surface area contributed by atoms with Gasteiger partial charge in [0.2, 0.25) is 5.91 Å². The molecule has 1 aromatic rings. The summed E-state index contributed by atoms with van der Waals surface area (Å²) in [7, 11) is 0. The van der Waals surface area contributed by atoms with E-state index >= 15 is 0 Å². The topological polar surface area (TPSA) is 89.5 Å². The van der Waals surface area contributed by atoms with Crippen LogP contribution in [0.15, 0.2) is 24.3 Å². The maximum absolute atomic E-state index is 11.0. The molecular weight excluding hydrogens is 246 g/mol. The van der Waals surface area contributed by atoms with Crippen LogP contribution >= 0.6 is 0 Å². The molecule has 0 heterocycles. The predicted molar refractivity (Wildman–Crippen MR) is 72.7 cm³/mol. The highest BCUT2D eigenvalue weighted by molar-refractivity contribution is 5.75. The van der Waals surface area contributed by atoms with Crippen molar-refractivity contribution in [2.75, 3.05) is 13.1 Å². The molecule has 0 radical (unpaired) electrons. The molecular formula is C13H19N3O3. The zero-order chi connectivity index (χ0) is 14.4. The molecule has 0 aromatic heterocycles. The van der Waals surface area contributed by atoms with Crippen LogP contribution in [0.5, 0.6) is 0 Å². The average molecular weight is 265 g/mol. The Labute approximate surface area is 112 Å². The number of amides is 1. The Morgan fingerprint density at radius 2 is 1.95 bits per heavy atom. The van der Waals surface area contributed by atoms with Gasteiger partial charge in [0.25, 0.3) is 5.69 Å². The number of nitro groups is 1. The SMILES string of the molecule is CC(C)N(CCc1ccc([N+](=O)[O-])cc1)CC(N)=O. The third-order valence-corrected chi connectivity index (χ3v) is 2.92. The summed E-state index contributed by atoms with van der Waals surface area (Å²) in [6, 6.07) is 6.68. The van der Waals surface area contributed by atoms with E-state index in [0.29, 0.717) is 6.54 Å². The van der Waals surface area contributed by atoms with Crippen LogP contribution in [-0.2, 0) is 11.2 Å². The van der Waals surface area contributed by atoms with Crippen LogP contribution in [0.3, 0.4) is 0 Å². The van der Waals surface area contributed by atoms with E-state index in [1.807, 2.05) is 18.7 Å². The van der Waals surface area contributed by atoms with Gasteiger partial charge in [0.15, 0.2) is 0 Å². The van der Waals surface area contributed by atoms with E-state index in [1.165, 1.54) is 12.1 Å². The van der Waals surface area contributed by atoms with Crippen molar-refractivity contribution >= 4 is 11.6 Å². The molecule has 0 bridgehead atoms. The lowest BCUT2D eigenvalue weighted by atomic mass is 10.1. The molecule has 0 aliphatic rings. The van der Waals surface area contributed by atoms with Gasteiger partial charge in [-0.2, -0.15) is 0 Å². The Balaban J connectivity index is 2.58. The molecule has 0 unspecified atom stereocenters. The number of primary amides is 1. The second kappa shape index (κ2) is 6.84. The third kappa shape index (κ3) is 5.05. The van der Waals surface area contributed by atoms with Crippen LogP contribution in [0.25, 0.3) is 0 Å². The first kappa shape index (κ1) is 15.1. The van der Waals surface area contributed by atoms with Crippen LogP contribution in [-0.4, -0.2) is 34.9 Å². The van der Waals surface area contributed by atoms with Crippen LogP contribution in [0.1, 0.15) is 19.4 Å². The fraction of sp³-hybridized carbons (Fsp3) is 0.462. The summed E-state index contributed by atoms with van der Waals surface area (Å²) in [5, 5.41) is 10.5. The number of non-ortho nitro benzene ring substituents is 1. The Morgan fingerprint density at radius 1 is 1.37 bits per heavy atom. The van der Waals surface area contributed by atoms with Crippen LogP contribution in [0.2, 0.25) is 0 Å². The number of carbonyl (C=O) groups is 1. The van der Waals surface area contributed by atoms with Gasteiger partial charge in [0.1, 0.15) is 0 Å². The van der Waals surface area contributed by atoms with E-state index in [9.17, 15) is 14.9 Å². The summed E-state index contributed by atoms with van der Waals surface area (Å²) < 4.78 is 0. The molecule has 0 aliphatic carbocycles. The van der Waals surface area contributed by atoms with Crippen molar-refractivity contribution in [3.8, 4) is 0 Å². The van der Waals surface area contributed by atoms with Crippen molar-refractivity contribution in [3.63, 3.8) is 0 Å². The standard InChI is InChI=1S/C13H19N3O3/c1-10(2)15(9-13(14)17)8-7-11-3-5-12(6-4-11)16(18)19/h3-6,10H,7-9H2,1-2H3,(H2,14,17). The van der Waals surface area contributed by atoms with Crippen molar-refractivity contribution in [2.45, 2.75) is 26.3 Å². The Hall–Kier alpha value is -1.95. The summed E-state index contributed by atoms with van der Waals surface area (Å²) in [6.45, 7) is 4.92. The molecule has 0 saturated carbocycles. The van der Waals surface area contributed by atoms with Crippen molar-refractivity contribution in [3.05, 3.63) is 39.9 Å². The minimum atomic E-state index is -0.419. The minimum absolute atomic E-state index is 0.0848. The zero-order valence-corrected chi connectivity index (χ0v) is 11.2. The largest absolute Gasteiger partial charge is 0.369 e. The van der Waals surface area contributed by atoms with Gasteiger partial charge >= 0.3 is 0 Å². The molecule has 1 amide bonds. The van der Waals surface area contributed by atoms with E-state index in [4.69, 9.17) is 5.73 Å². The number of nitro benzene ring substituents is 1. The molecule has 0 saturated heterocycles. The van der Waals surface area contributed by atoms with E-state index < -0.39 is 4.92 Å². The number of nitrogens with two attached hydrogens (primary N) is 1. The summed E-state index contributed by atoms with van der Waals surface area (Å²) in [4.78, 5) is 23.0. The van der Waals surface area contributed by atoms with Gasteiger partial charge in [-0.05, 0) is 25.8 Å². The molecule has 6 nitrogen and oxygen atoms in total. The fourth-order valence-corrected chi connectivity index (χ4v) is 1.78. The van der Waals surface area contributed by atoms with Crippen molar-refractivity contribution in [2.24, 2.45) is 5.73 Å². The van der Waals surface area contributed by atoms with E-state index in [-0.39, 0.29) is 24.2 Å². The van der Waals surface area contributed by atoms with Gasteiger partial charge in [0.05, 0.1) is 11.5 Å². The van der Waals surface area contributed by atoms with Gasteiger partial charge < -0.3 is 5.73 Å². The first-order valence-electron chi connectivity index (χ1n) is 6.16. The Kier molecular flexibility index (Phi) is 5.44. The number of rotatable bonds is 7. The van der Waals surface area contributed by atoms with Gasteiger partial charge in [-0.15, -0.1) is 0 Å². The summed E-state index contributed by atoms with van der Waals surface area (Å²) in [6.07, 6.45) is 0.726. The molecule has 1 aromatic carbocycles. The molecule has 0 spiro atoms. The van der Waals surface area contributed by atoms with Crippen molar-refractivity contribution < 1.29 is 9.72 Å². The van der Waals surface area contributed by atoms with Gasteiger partial charge in [-0.25, -0.2) is 0 Å². The first-order chi connectivity index (χ1) is 8.90. The monoisotopic (exact) mass is 265 g/mol. The second-order valence-corrected chi connectivity index (χ2v) is 4.70. The molecule has 19 heavy (non-hydrogen) atoms. The number of hydrogen-bond acceptors (Lipinski definition) is 4. The summed E-state index contributed by atoms with van der Waals surface area (Å²) >= 11 is 0. The lowest BCUT2D eigenvalue weighted by molar-refractivity contribution is -0.384. The number of nitrogens with zero attached hydrogens (tertiary/aromatic N) is 2. The second-order valence-electron chi connectivity index (χ2n) is 4.70. The first-order valence-corrected chi connectivity index (χ1v) is 6.16. The van der Waals surface area contributed by atoms with Crippen molar-refractivity contribution in [1.82, 2.24) is 4.90 Å². The lowest BCUT2D eigenvalue weighted by Gasteiger charge is -2.24. The zero-order valence-electron chi connectivity index (χ0n) is 11.2. The predicted octanol–water partition coefficient (Wildman–Crippen LogP) is 1.33. The molecule has 1 rings (SSSR count). The Bertz CT molecular complexity index is 443. The third-order valence-electron chi connectivity index (χ3n) is 2.92. The van der Waals surface area contributed by atoms with Gasteiger partial charge in [-0.3, -0.25) is 19.8 Å². The molecule has 2 N–H and O–H groups in total. The smallest absolute Gasteiger partial charge is 0.269 e. The van der Waals surface area contributed by atoms with Crippen LogP contribution in [0.4, 0.5) is 5.69 Å². The van der Waals surface area contributed by atoms with Gasteiger partial charge in [0, 0.05) is 24.7 Å². The van der Waals surface area contributed by atoms with Crippen LogP contribution in [0, 0.1) is 10.1 Å². The summed E-state index contributed by atoms with van der Waals surface area (Å²) in [5.41, 5.74) is 6.28. The quantitative estimate of drug-likeness (QED) is 0.595. The van der Waals surface area contributed by atoms with E-state index in [1.54, 1.807) is 12.1 Å². The molecule has 0 fully saturated rings. The average Bonchev–Trinajstić information content (AvgIpc) is 2.34. The number of hydrogen-bond donors (Lipinski definition) is 1. The number of benzene rings is 1. The van der Waals surface area contributed by atoms with E-state index in [2.05, 4.69) is 0 Å². The lowest BCUT2D eigenvalue weighted by Crippen LogP contribution is -2.39. The molecule has 104 valence electrons. The molecule has 6 heteroatoms. The van der Waals surface area contributed by atoms with Gasteiger partial charge in [-0.1, -0.05) is 12.1 Å². The number of carbonyl (C=O) groups excluding carboxylic acids is 1.